The number of amides is 1. The lowest BCUT2D eigenvalue weighted by Crippen LogP contribution is -2.39. The molecule has 1 fully saturated rings. The quantitative estimate of drug-likeness (QED) is 0.655. The van der Waals surface area contributed by atoms with Crippen LogP contribution >= 0.6 is 0 Å². The molecule has 1 aliphatic heterocycles. The van der Waals surface area contributed by atoms with Crippen LogP contribution in [0.3, 0.4) is 0 Å². The first-order valence-corrected chi connectivity index (χ1v) is 6.25. The number of carbonyl (C=O) groups is 1. The summed E-state index contributed by atoms with van der Waals surface area (Å²) < 4.78 is 0. The predicted octanol–water partition coefficient (Wildman–Crippen LogP) is 2.17. The van der Waals surface area contributed by atoms with Gasteiger partial charge in [-0.2, -0.15) is 0 Å². The minimum atomic E-state index is -0.597. The first-order valence-electron chi connectivity index (χ1n) is 6.25. The molecule has 1 aromatic rings. The normalized spacial score (nSPS) is 19.2. The minimum Gasteiger partial charge on any atom is -0.508 e. The summed E-state index contributed by atoms with van der Waals surface area (Å²) in [5.41, 5.74) is -0.305. The molecule has 0 saturated carbocycles. The minimum absolute atomic E-state index is 0.0425. The van der Waals surface area contributed by atoms with Crippen LogP contribution in [-0.2, 0) is 0 Å². The lowest BCUT2D eigenvalue weighted by Gasteiger charge is -2.30. The monoisotopic (exact) mass is 264 g/mol. The van der Waals surface area contributed by atoms with Gasteiger partial charge in [-0.25, -0.2) is 0 Å². The third-order valence-corrected chi connectivity index (χ3v) is 3.35. The first kappa shape index (κ1) is 13.3. The molecule has 19 heavy (non-hydrogen) atoms. The Bertz CT molecular complexity index is 515. The molecular formula is C13H16N2O4. The van der Waals surface area contributed by atoms with Gasteiger partial charge >= 0.3 is 0 Å². The average Bonchev–Trinajstić information content (AvgIpc) is 2.37. The highest BCUT2D eigenvalue weighted by atomic mass is 16.6. The van der Waals surface area contributed by atoms with E-state index < -0.39 is 4.92 Å². The van der Waals surface area contributed by atoms with Crippen molar-refractivity contribution in [3.8, 4) is 5.75 Å². The van der Waals surface area contributed by atoms with Gasteiger partial charge in [0, 0.05) is 19.2 Å². The predicted molar refractivity (Wildman–Crippen MR) is 69.1 cm³/mol. The smallest absolute Gasteiger partial charge is 0.282 e. The summed E-state index contributed by atoms with van der Waals surface area (Å²) in [6, 6.07) is 3.55. The van der Waals surface area contributed by atoms with Crippen molar-refractivity contribution in [3.63, 3.8) is 0 Å². The maximum Gasteiger partial charge on any atom is 0.282 e. The number of hydrogen-bond donors (Lipinski definition) is 1. The summed E-state index contributed by atoms with van der Waals surface area (Å²) in [6.45, 7) is 3.26. The number of carbonyl (C=O) groups excluding carboxylic acids is 1. The fourth-order valence-corrected chi connectivity index (χ4v) is 2.40. The Balaban J connectivity index is 2.32. The summed E-state index contributed by atoms with van der Waals surface area (Å²) >= 11 is 0. The van der Waals surface area contributed by atoms with Gasteiger partial charge in [-0.1, -0.05) is 6.92 Å². The van der Waals surface area contributed by atoms with Crippen molar-refractivity contribution in [3.05, 3.63) is 33.9 Å². The molecule has 0 bridgehead atoms. The molecule has 0 spiro atoms. The molecule has 0 aliphatic carbocycles. The number of likely N-dealkylation sites (tertiary alicyclic amines) is 1. The van der Waals surface area contributed by atoms with Gasteiger partial charge in [0.25, 0.3) is 11.6 Å². The summed E-state index contributed by atoms with van der Waals surface area (Å²) in [7, 11) is 0. The van der Waals surface area contributed by atoms with E-state index in [9.17, 15) is 20.0 Å². The number of nitrogens with zero attached hydrogens (tertiary/aromatic N) is 2. The van der Waals surface area contributed by atoms with Crippen LogP contribution in [0.5, 0.6) is 5.75 Å². The van der Waals surface area contributed by atoms with Gasteiger partial charge in [-0.3, -0.25) is 14.9 Å². The van der Waals surface area contributed by atoms with Crippen molar-refractivity contribution in [1.82, 2.24) is 4.90 Å². The molecule has 2 rings (SSSR count). The summed E-state index contributed by atoms with van der Waals surface area (Å²) in [4.78, 5) is 24.3. The fraction of sp³-hybridized carbons (Fsp3) is 0.462. The lowest BCUT2D eigenvalue weighted by molar-refractivity contribution is -0.385. The number of piperidine rings is 1. The molecule has 1 heterocycles. The molecule has 1 aromatic carbocycles. The number of hydrogen-bond acceptors (Lipinski definition) is 4. The van der Waals surface area contributed by atoms with Gasteiger partial charge in [-0.05, 0) is 30.9 Å². The number of aromatic hydroxyl groups is 1. The van der Waals surface area contributed by atoms with Crippen LogP contribution in [-0.4, -0.2) is 33.9 Å². The van der Waals surface area contributed by atoms with Crippen molar-refractivity contribution in [1.29, 1.82) is 0 Å². The number of phenolic OH excluding ortho intramolecular Hbond substituents is 1. The van der Waals surface area contributed by atoms with Crippen LogP contribution in [0, 0.1) is 16.0 Å². The van der Waals surface area contributed by atoms with E-state index in [-0.39, 0.29) is 22.9 Å². The van der Waals surface area contributed by atoms with E-state index in [1.807, 2.05) is 0 Å². The van der Waals surface area contributed by atoms with Crippen molar-refractivity contribution in [2.75, 3.05) is 13.1 Å². The van der Waals surface area contributed by atoms with E-state index >= 15 is 0 Å². The average molecular weight is 264 g/mol. The number of rotatable bonds is 2. The highest BCUT2D eigenvalue weighted by Gasteiger charge is 2.27. The molecule has 6 nitrogen and oxygen atoms in total. The zero-order valence-electron chi connectivity index (χ0n) is 10.7. The molecule has 1 amide bonds. The van der Waals surface area contributed by atoms with Gasteiger partial charge < -0.3 is 10.0 Å². The van der Waals surface area contributed by atoms with Crippen molar-refractivity contribution in [2.45, 2.75) is 19.8 Å². The number of nitro groups is 1. The largest absolute Gasteiger partial charge is 0.508 e. The van der Waals surface area contributed by atoms with Gasteiger partial charge in [0.15, 0.2) is 0 Å². The lowest BCUT2D eigenvalue weighted by atomic mass is 9.99. The highest BCUT2D eigenvalue weighted by molar-refractivity contribution is 5.98. The topological polar surface area (TPSA) is 83.7 Å². The van der Waals surface area contributed by atoms with E-state index in [2.05, 4.69) is 6.92 Å². The van der Waals surface area contributed by atoms with Crippen molar-refractivity contribution >= 4 is 11.6 Å². The molecule has 0 aromatic heterocycles. The zero-order chi connectivity index (χ0) is 14.0. The van der Waals surface area contributed by atoms with Gasteiger partial charge in [0.2, 0.25) is 0 Å². The second-order valence-electron chi connectivity index (χ2n) is 4.96. The summed E-state index contributed by atoms with van der Waals surface area (Å²) in [5, 5.41) is 20.4. The van der Waals surface area contributed by atoms with Gasteiger partial charge in [-0.15, -0.1) is 0 Å². The Hall–Kier alpha value is -2.11. The van der Waals surface area contributed by atoms with E-state index in [0.717, 1.165) is 18.9 Å². The SMILES string of the molecule is CC1CCCN(C(=O)c2cc(O)ccc2[N+](=O)[O-])C1. The molecule has 1 saturated heterocycles. The van der Waals surface area contributed by atoms with Gasteiger partial charge in [0.05, 0.1) is 4.92 Å². The number of nitro benzene ring substituents is 1. The van der Waals surface area contributed by atoms with Gasteiger partial charge in [0.1, 0.15) is 11.3 Å². The standard InChI is InChI=1S/C13H16N2O4/c1-9-3-2-6-14(8-9)13(17)11-7-10(16)4-5-12(11)15(18)19/h4-5,7,9,16H,2-3,6,8H2,1H3. The second kappa shape index (κ2) is 5.26. The van der Waals surface area contributed by atoms with Crippen LogP contribution in [0.1, 0.15) is 30.1 Å². The van der Waals surface area contributed by atoms with Crippen LogP contribution < -0.4 is 0 Å². The maximum atomic E-state index is 12.3. The third kappa shape index (κ3) is 2.83. The molecule has 102 valence electrons. The molecule has 1 atom stereocenters. The summed E-state index contributed by atoms with van der Waals surface area (Å²) in [5.74, 6) is -0.123. The molecule has 1 unspecified atom stereocenters. The summed E-state index contributed by atoms with van der Waals surface area (Å²) in [6.07, 6.45) is 1.96. The van der Waals surface area contributed by atoms with Crippen molar-refractivity contribution < 1.29 is 14.8 Å². The molecule has 0 radical (unpaired) electrons. The van der Waals surface area contributed by atoms with E-state index in [0.29, 0.717) is 19.0 Å². The Morgan fingerprint density at radius 1 is 1.53 bits per heavy atom. The van der Waals surface area contributed by atoms with Crippen LogP contribution in [0.4, 0.5) is 5.69 Å². The fourth-order valence-electron chi connectivity index (χ4n) is 2.40. The third-order valence-electron chi connectivity index (χ3n) is 3.35. The molecule has 1 N–H and O–H groups in total. The van der Waals surface area contributed by atoms with Crippen LogP contribution in [0.25, 0.3) is 0 Å². The number of benzene rings is 1. The maximum absolute atomic E-state index is 12.3. The van der Waals surface area contributed by atoms with Crippen molar-refractivity contribution in [2.24, 2.45) is 5.92 Å². The van der Waals surface area contributed by atoms with E-state index in [1.165, 1.54) is 12.1 Å². The Morgan fingerprint density at radius 2 is 2.26 bits per heavy atom. The zero-order valence-corrected chi connectivity index (χ0v) is 10.7. The second-order valence-corrected chi connectivity index (χ2v) is 4.96. The Kier molecular flexibility index (Phi) is 3.69. The van der Waals surface area contributed by atoms with Crippen LogP contribution in [0.2, 0.25) is 0 Å². The van der Waals surface area contributed by atoms with E-state index in [4.69, 9.17) is 0 Å². The Labute approximate surface area is 110 Å². The molecule has 1 aliphatic rings. The van der Waals surface area contributed by atoms with E-state index in [1.54, 1.807) is 4.90 Å². The molecular weight excluding hydrogens is 248 g/mol. The Morgan fingerprint density at radius 3 is 2.89 bits per heavy atom. The first-order chi connectivity index (χ1) is 8.99. The van der Waals surface area contributed by atoms with Crippen LogP contribution in [0.15, 0.2) is 18.2 Å². The number of phenols is 1. The molecule has 6 heteroatoms. The highest BCUT2D eigenvalue weighted by Crippen LogP contribution is 2.26.